The summed E-state index contributed by atoms with van der Waals surface area (Å²) in [6.07, 6.45) is 5.09. The molecule has 1 aromatic carbocycles. The van der Waals surface area contributed by atoms with E-state index in [1.807, 2.05) is 30.3 Å². The third-order valence-electron chi connectivity index (χ3n) is 1.53. The van der Waals surface area contributed by atoms with Crippen molar-refractivity contribution in [3.05, 3.63) is 54.8 Å². The van der Waals surface area contributed by atoms with Gasteiger partial charge >= 0.3 is 0 Å². The van der Waals surface area contributed by atoms with Crippen LogP contribution in [0.25, 0.3) is 6.08 Å². The van der Waals surface area contributed by atoms with E-state index in [4.69, 9.17) is 0 Å². The van der Waals surface area contributed by atoms with Crippen LogP contribution < -0.4 is 0 Å². The Morgan fingerprint density at radius 3 is 2.33 bits per heavy atom. The Balaban J connectivity index is 3.04. The van der Waals surface area contributed by atoms with Crippen molar-refractivity contribution >= 4 is 12.3 Å². The molecule has 1 nitrogen and oxygen atoms in total. The van der Waals surface area contributed by atoms with E-state index in [2.05, 4.69) is 18.2 Å². The SMILES string of the molecule is C=CN=Cc1ccccc1C=C. The fourth-order valence-corrected chi connectivity index (χ4v) is 0.947. The normalized spacial score (nSPS) is 10.0. The van der Waals surface area contributed by atoms with Crippen LogP contribution in [0.2, 0.25) is 0 Å². The van der Waals surface area contributed by atoms with E-state index < -0.39 is 0 Å². The Bertz CT molecular complexity index is 311. The van der Waals surface area contributed by atoms with Crippen molar-refractivity contribution in [2.45, 2.75) is 0 Å². The van der Waals surface area contributed by atoms with E-state index >= 15 is 0 Å². The Morgan fingerprint density at radius 2 is 1.75 bits per heavy atom. The summed E-state index contributed by atoms with van der Waals surface area (Å²) >= 11 is 0. The molecule has 0 fully saturated rings. The van der Waals surface area contributed by atoms with Crippen LogP contribution in [-0.2, 0) is 0 Å². The molecule has 0 amide bonds. The molecule has 60 valence electrons. The van der Waals surface area contributed by atoms with Crippen LogP contribution in [0.4, 0.5) is 0 Å². The van der Waals surface area contributed by atoms with Crippen LogP contribution in [0, 0.1) is 0 Å². The molecule has 12 heavy (non-hydrogen) atoms. The lowest BCUT2D eigenvalue weighted by Crippen LogP contribution is -1.84. The molecule has 0 unspecified atom stereocenters. The average Bonchev–Trinajstić information content (AvgIpc) is 2.15. The molecule has 1 heteroatoms. The number of benzene rings is 1. The van der Waals surface area contributed by atoms with E-state index in [9.17, 15) is 0 Å². The number of nitrogens with zero attached hydrogens (tertiary/aromatic N) is 1. The Labute approximate surface area is 72.8 Å². The fourth-order valence-electron chi connectivity index (χ4n) is 0.947. The monoisotopic (exact) mass is 157 g/mol. The predicted octanol–water partition coefficient (Wildman–Crippen LogP) is 2.89. The minimum Gasteiger partial charge on any atom is -0.265 e. The smallest absolute Gasteiger partial charge is 0.0346 e. The molecular formula is C11H11N. The molecular weight excluding hydrogens is 146 g/mol. The molecule has 1 rings (SSSR count). The maximum absolute atomic E-state index is 3.94. The van der Waals surface area contributed by atoms with E-state index in [1.165, 1.54) is 6.20 Å². The van der Waals surface area contributed by atoms with Crippen LogP contribution >= 0.6 is 0 Å². The van der Waals surface area contributed by atoms with Crippen molar-refractivity contribution < 1.29 is 0 Å². The summed E-state index contributed by atoms with van der Waals surface area (Å²) < 4.78 is 0. The number of rotatable bonds is 3. The van der Waals surface area contributed by atoms with Crippen LogP contribution in [0.5, 0.6) is 0 Å². The fraction of sp³-hybridized carbons (Fsp3) is 0. The molecule has 0 saturated carbocycles. The molecule has 0 N–H and O–H groups in total. The van der Waals surface area contributed by atoms with Crippen molar-refractivity contribution in [3.63, 3.8) is 0 Å². The van der Waals surface area contributed by atoms with Gasteiger partial charge in [-0.25, -0.2) is 0 Å². The third kappa shape index (κ3) is 1.92. The standard InChI is InChI=1S/C11H11N/c1-3-10-7-5-6-8-11(10)9-12-4-2/h3-9H,1-2H2. The second kappa shape index (κ2) is 4.29. The molecule has 0 aromatic heterocycles. The van der Waals surface area contributed by atoms with Crippen molar-refractivity contribution in [1.82, 2.24) is 0 Å². The van der Waals surface area contributed by atoms with Crippen molar-refractivity contribution in [3.8, 4) is 0 Å². The lowest BCUT2D eigenvalue weighted by Gasteiger charge is -1.96. The summed E-state index contributed by atoms with van der Waals surface area (Å²) in [6.45, 7) is 7.22. The molecule has 0 atom stereocenters. The summed E-state index contributed by atoms with van der Waals surface area (Å²) in [5.41, 5.74) is 2.15. The van der Waals surface area contributed by atoms with Crippen LogP contribution in [-0.4, -0.2) is 6.21 Å². The van der Waals surface area contributed by atoms with Gasteiger partial charge in [0.05, 0.1) is 0 Å². The van der Waals surface area contributed by atoms with E-state index in [0.717, 1.165) is 11.1 Å². The Morgan fingerprint density at radius 1 is 1.08 bits per heavy atom. The van der Waals surface area contributed by atoms with Gasteiger partial charge in [0, 0.05) is 12.4 Å². The van der Waals surface area contributed by atoms with Gasteiger partial charge in [-0.3, -0.25) is 4.99 Å². The predicted molar refractivity (Wildman–Crippen MR) is 54.3 cm³/mol. The van der Waals surface area contributed by atoms with Crippen LogP contribution in [0.1, 0.15) is 11.1 Å². The first-order chi connectivity index (χ1) is 5.88. The van der Waals surface area contributed by atoms with E-state index in [0.29, 0.717) is 0 Å². The van der Waals surface area contributed by atoms with Gasteiger partial charge in [0.2, 0.25) is 0 Å². The maximum atomic E-state index is 3.94. The third-order valence-corrected chi connectivity index (χ3v) is 1.53. The van der Waals surface area contributed by atoms with Gasteiger partial charge in [0.15, 0.2) is 0 Å². The lowest BCUT2D eigenvalue weighted by molar-refractivity contribution is 1.57. The van der Waals surface area contributed by atoms with Crippen molar-refractivity contribution in [1.29, 1.82) is 0 Å². The van der Waals surface area contributed by atoms with Gasteiger partial charge < -0.3 is 0 Å². The first-order valence-corrected chi connectivity index (χ1v) is 3.74. The van der Waals surface area contributed by atoms with Crippen LogP contribution in [0.3, 0.4) is 0 Å². The molecule has 0 bridgehead atoms. The van der Waals surface area contributed by atoms with Gasteiger partial charge in [-0.05, 0) is 11.1 Å². The zero-order chi connectivity index (χ0) is 8.81. The van der Waals surface area contributed by atoms with Gasteiger partial charge in [-0.1, -0.05) is 43.5 Å². The van der Waals surface area contributed by atoms with E-state index in [-0.39, 0.29) is 0 Å². The Hall–Kier alpha value is -1.63. The highest BCUT2D eigenvalue weighted by atomic mass is 14.7. The largest absolute Gasteiger partial charge is 0.265 e. The second-order valence-electron chi connectivity index (χ2n) is 2.29. The van der Waals surface area contributed by atoms with Gasteiger partial charge in [-0.15, -0.1) is 0 Å². The number of hydrogen-bond donors (Lipinski definition) is 0. The molecule has 0 radical (unpaired) electrons. The maximum Gasteiger partial charge on any atom is 0.0346 e. The zero-order valence-electron chi connectivity index (χ0n) is 6.90. The highest BCUT2D eigenvalue weighted by Gasteiger charge is 1.91. The average molecular weight is 157 g/mol. The second-order valence-corrected chi connectivity index (χ2v) is 2.29. The highest BCUT2D eigenvalue weighted by molar-refractivity contribution is 5.85. The zero-order valence-corrected chi connectivity index (χ0v) is 6.90. The number of aliphatic imine (C=N–C) groups is 1. The highest BCUT2D eigenvalue weighted by Crippen LogP contribution is 2.06. The molecule has 0 aliphatic rings. The summed E-state index contributed by atoms with van der Waals surface area (Å²) in [7, 11) is 0. The van der Waals surface area contributed by atoms with Crippen LogP contribution in [0.15, 0.2) is 48.6 Å². The summed E-state index contributed by atoms with van der Waals surface area (Å²) in [5, 5.41) is 0. The lowest BCUT2D eigenvalue weighted by atomic mass is 10.1. The topological polar surface area (TPSA) is 12.4 Å². The summed E-state index contributed by atoms with van der Waals surface area (Å²) in [6, 6.07) is 7.93. The minimum absolute atomic E-state index is 1.06. The van der Waals surface area contributed by atoms with Crippen molar-refractivity contribution in [2.24, 2.45) is 4.99 Å². The summed E-state index contributed by atoms with van der Waals surface area (Å²) in [5.74, 6) is 0. The van der Waals surface area contributed by atoms with Crippen molar-refractivity contribution in [2.75, 3.05) is 0 Å². The summed E-state index contributed by atoms with van der Waals surface area (Å²) in [4.78, 5) is 3.94. The van der Waals surface area contributed by atoms with Gasteiger partial charge in [-0.2, -0.15) is 0 Å². The molecule has 0 saturated heterocycles. The van der Waals surface area contributed by atoms with E-state index in [1.54, 1.807) is 6.21 Å². The quantitative estimate of drug-likeness (QED) is 0.598. The Kier molecular flexibility index (Phi) is 3.03. The molecule has 0 spiro atoms. The molecule has 0 aliphatic carbocycles. The number of hydrogen-bond acceptors (Lipinski definition) is 1. The minimum atomic E-state index is 1.06. The molecule has 1 aromatic rings. The first-order valence-electron chi connectivity index (χ1n) is 3.74. The first kappa shape index (κ1) is 8.47. The van der Waals surface area contributed by atoms with Gasteiger partial charge in [0.1, 0.15) is 0 Å². The van der Waals surface area contributed by atoms with Gasteiger partial charge in [0.25, 0.3) is 0 Å². The molecule has 0 aliphatic heterocycles. The molecule has 0 heterocycles.